The lowest BCUT2D eigenvalue weighted by molar-refractivity contribution is -0.123. The molecule has 1 fully saturated rings. The Hall–Kier alpha value is -1.55. The second-order valence-electron chi connectivity index (χ2n) is 5.63. The lowest BCUT2D eigenvalue weighted by Crippen LogP contribution is -2.47. The number of rotatable bonds is 5. The zero-order chi connectivity index (χ0) is 13.9. The van der Waals surface area contributed by atoms with Crippen molar-refractivity contribution in [2.24, 2.45) is 0 Å². The molecule has 0 saturated heterocycles. The summed E-state index contributed by atoms with van der Waals surface area (Å²) in [5.41, 5.74) is 6.82. The van der Waals surface area contributed by atoms with Gasteiger partial charge in [-0.1, -0.05) is 19.1 Å². The number of benzene rings is 1. The smallest absolute Gasteiger partial charge is 0.220 e. The zero-order valence-electron chi connectivity index (χ0n) is 11.4. The Morgan fingerprint density at radius 3 is 2.58 bits per heavy atom. The maximum atomic E-state index is 11.8. The molecule has 1 unspecified atom stereocenters. The fourth-order valence-electron chi connectivity index (χ4n) is 2.32. The summed E-state index contributed by atoms with van der Waals surface area (Å²) in [7, 11) is 0. The highest BCUT2D eigenvalue weighted by atomic mass is 16.3. The normalized spacial score (nSPS) is 18.4. The molecule has 0 aliphatic heterocycles. The number of aliphatic hydroxyl groups is 1. The highest BCUT2D eigenvalue weighted by Crippen LogP contribution is 2.30. The van der Waals surface area contributed by atoms with Crippen LogP contribution in [0.25, 0.3) is 0 Å². The summed E-state index contributed by atoms with van der Waals surface area (Å²) in [6.07, 6.45) is 3.07. The van der Waals surface area contributed by atoms with Gasteiger partial charge in [0.2, 0.25) is 5.91 Å². The summed E-state index contributed by atoms with van der Waals surface area (Å²) in [6.45, 7) is 2.39. The van der Waals surface area contributed by atoms with Crippen molar-refractivity contribution in [1.29, 1.82) is 0 Å². The van der Waals surface area contributed by atoms with E-state index in [-0.39, 0.29) is 11.8 Å². The fraction of sp³-hybridized carbons (Fsp3) is 0.533. The molecule has 1 amide bonds. The highest BCUT2D eigenvalue weighted by Gasteiger charge is 2.34. The predicted molar refractivity (Wildman–Crippen MR) is 75.7 cm³/mol. The summed E-state index contributed by atoms with van der Waals surface area (Å²) in [5.74, 6) is 0.140. The van der Waals surface area contributed by atoms with E-state index in [9.17, 15) is 9.90 Å². The molecule has 1 aromatic carbocycles. The van der Waals surface area contributed by atoms with Gasteiger partial charge in [-0.3, -0.25) is 4.79 Å². The molecule has 104 valence electrons. The molecule has 0 heterocycles. The average molecular weight is 262 g/mol. The molecule has 1 aliphatic rings. The highest BCUT2D eigenvalue weighted by molar-refractivity contribution is 5.77. The number of amides is 1. The van der Waals surface area contributed by atoms with Crippen molar-refractivity contribution in [3.8, 4) is 0 Å². The topological polar surface area (TPSA) is 75.3 Å². The van der Waals surface area contributed by atoms with Gasteiger partial charge in [-0.2, -0.15) is 0 Å². The lowest BCUT2D eigenvalue weighted by atomic mass is 9.80. The first kappa shape index (κ1) is 13.9. The van der Waals surface area contributed by atoms with Crippen molar-refractivity contribution in [3.63, 3.8) is 0 Å². The van der Waals surface area contributed by atoms with Gasteiger partial charge in [0.1, 0.15) is 0 Å². The van der Waals surface area contributed by atoms with Gasteiger partial charge in [0, 0.05) is 18.7 Å². The minimum Gasteiger partial charge on any atom is -0.399 e. The van der Waals surface area contributed by atoms with Crippen LogP contribution in [-0.4, -0.2) is 23.2 Å². The largest absolute Gasteiger partial charge is 0.399 e. The van der Waals surface area contributed by atoms with Crippen molar-refractivity contribution >= 4 is 11.6 Å². The van der Waals surface area contributed by atoms with Gasteiger partial charge in [-0.25, -0.2) is 0 Å². The molecular formula is C15H22N2O2. The monoisotopic (exact) mass is 262 g/mol. The van der Waals surface area contributed by atoms with Crippen molar-refractivity contribution in [2.75, 3.05) is 12.3 Å². The molecule has 4 heteroatoms. The number of nitrogen functional groups attached to an aromatic ring is 1. The second kappa shape index (κ2) is 5.61. The first-order valence-electron chi connectivity index (χ1n) is 6.83. The summed E-state index contributed by atoms with van der Waals surface area (Å²) >= 11 is 0. The van der Waals surface area contributed by atoms with E-state index in [2.05, 4.69) is 5.32 Å². The van der Waals surface area contributed by atoms with Crippen LogP contribution in [0.2, 0.25) is 0 Å². The van der Waals surface area contributed by atoms with Gasteiger partial charge in [0.05, 0.1) is 5.60 Å². The minimum atomic E-state index is -0.653. The molecular weight excluding hydrogens is 240 g/mol. The van der Waals surface area contributed by atoms with Gasteiger partial charge in [-0.15, -0.1) is 0 Å². The lowest BCUT2D eigenvalue weighted by Gasteiger charge is -2.36. The summed E-state index contributed by atoms with van der Waals surface area (Å²) in [5, 5.41) is 12.7. The number of carbonyl (C=O) groups excluding carboxylic acids is 1. The standard InChI is InChI=1S/C15H22N2O2/c1-11(12-3-5-13(16)6-4-12)9-14(18)17-10-15(19)7-2-8-15/h3-6,11,19H,2,7-10,16H2,1H3,(H,17,18). The number of nitrogens with two attached hydrogens (primary N) is 1. The molecule has 4 N–H and O–H groups in total. The van der Waals surface area contributed by atoms with Gasteiger partial charge >= 0.3 is 0 Å². The Bertz CT molecular complexity index is 438. The number of nitrogens with one attached hydrogen (secondary N) is 1. The molecule has 1 aromatic rings. The number of hydrogen-bond donors (Lipinski definition) is 3. The molecule has 1 atom stereocenters. The molecule has 4 nitrogen and oxygen atoms in total. The molecule has 1 aliphatic carbocycles. The van der Waals surface area contributed by atoms with Crippen LogP contribution in [0.4, 0.5) is 5.69 Å². The average Bonchev–Trinajstić information content (AvgIpc) is 2.35. The first-order chi connectivity index (χ1) is 8.98. The molecule has 0 bridgehead atoms. The van der Waals surface area contributed by atoms with E-state index in [1.807, 2.05) is 31.2 Å². The van der Waals surface area contributed by atoms with E-state index in [1.165, 1.54) is 0 Å². The van der Waals surface area contributed by atoms with Crippen LogP contribution in [0.15, 0.2) is 24.3 Å². The fourth-order valence-corrected chi connectivity index (χ4v) is 2.32. The molecule has 0 aromatic heterocycles. The Labute approximate surface area is 114 Å². The van der Waals surface area contributed by atoms with Crippen molar-refractivity contribution in [2.45, 2.75) is 44.1 Å². The van der Waals surface area contributed by atoms with Crippen LogP contribution >= 0.6 is 0 Å². The van der Waals surface area contributed by atoms with Crippen molar-refractivity contribution in [3.05, 3.63) is 29.8 Å². The number of carbonyl (C=O) groups is 1. The second-order valence-corrected chi connectivity index (χ2v) is 5.63. The predicted octanol–water partition coefficient (Wildman–Crippen LogP) is 1.79. The van der Waals surface area contributed by atoms with E-state index >= 15 is 0 Å². The third kappa shape index (κ3) is 3.70. The van der Waals surface area contributed by atoms with Crippen LogP contribution in [-0.2, 0) is 4.79 Å². The number of anilines is 1. The van der Waals surface area contributed by atoms with Crippen LogP contribution in [0.3, 0.4) is 0 Å². The van der Waals surface area contributed by atoms with E-state index in [1.54, 1.807) is 0 Å². The Kier molecular flexibility index (Phi) is 4.10. The zero-order valence-corrected chi connectivity index (χ0v) is 11.4. The number of hydrogen-bond acceptors (Lipinski definition) is 3. The Morgan fingerprint density at radius 2 is 2.05 bits per heavy atom. The van der Waals surface area contributed by atoms with E-state index in [4.69, 9.17) is 5.73 Å². The summed E-state index contributed by atoms with van der Waals surface area (Å²) < 4.78 is 0. The third-order valence-electron chi connectivity index (χ3n) is 3.90. The maximum absolute atomic E-state index is 11.8. The molecule has 1 saturated carbocycles. The summed E-state index contributed by atoms with van der Waals surface area (Å²) in [4.78, 5) is 11.8. The molecule has 19 heavy (non-hydrogen) atoms. The van der Waals surface area contributed by atoms with Gasteiger partial charge < -0.3 is 16.2 Å². The van der Waals surface area contributed by atoms with Gasteiger partial charge in [-0.05, 0) is 42.9 Å². The molecule has 0 radical (unpaired) electrons. The molecule has 2 rings (SSSR count). The Morgan fingerprint density at radius 1 is 1.42 bits per heavy atom. The maximum Gasteiger partial charge on any atom is 0.220 e. The molecule has 0 spiro atoms. The van der Waals surface area contributed by atoms with Crippen LogP contribution in [0.1, 0.15) is 44.1 Å². The van der Waals surface area contributed by atoms with Crippen LogP contribution in [0.5, 0.6) is 0 Å². The van der Waals surface area contributed by atoms with E-state index in [0.717, 1.165) is 30.5 Å². The van der Waals surface area contributed by atoms with Crippen molar-refractivity contribution in [1.82, 2.24) is 5.32 Å². The summed E-state index contributed by atoms with van der Waals surface area (Å²) in [6, 6.07) is 7.60. The minimum absolute atomic E-state index is 0.00958. The van der Waals surface area contributed by atoms with Gasteiger partial charge in [0.15, 0.2) is 0 Å². The van der Waals surface area contributed by atoms with E-state index in [0.29, 0.717) is 13.0 Å². The van der Waals surface area contributed by atoms with Crippen LogP contribution in [0, 0.1) is 0 Å². The SMILES string of the molecule is CC(CC(=O)NCC1(O)CCC1)c1ccc(N)cc1. The van der Waals surface area contributed by atoms with Crippen LogP contribution < -0.4 is 11.1 Å². The third-order valence-corrected chi connectivity index (χ3v) is 3.90. The van der Waals surface area contributed by atoms with Gasteiger partial charge in [0.25, 0.3) is 0 Å². The Balaban J connectivity index is 1.79. The first-order valence-corrected chi connectivity index (χ1v) is 6.83. The van der Waals surface area contributed by atoms with Crippen molar-refractivity contribution < 1.29 is 9.90 Å². The quantitative estimate of drug-likeness (QED) is 0.708. The van der Waals surface area contributed by atoms with E-state index < -0.39 is 5.60 Å².